The minimum atomic E-state index is -0.496. The lowest BCUT2D eigenvalue weighted by atomic mass is 10.1. The first-order chi connectivity index (χ1) is 9.47. The fourth-order valence-electron chi connectivity index (χ4n) is 1.47. The lowest BCUT2D eigenvalue weighted by molar-refractivity contribution is -0.129. The van der Waals surface area contributed by atoms with Gasteiger partial charge in [-0.3, -0.25) is 9.59 Å². The van der Waals surface area contributed by atoms with Gasteiger partial charge in [-0.25, -0.2) is 0 Å². The van der Waals surface area contributed by atoms with Crippen LogP contribution in [-0.4, -0.2) is 51.0 Å². The minimum Gasteiger partial charge on any atom is -0.366 e. The number of rotatable bonds is 4. The second-order valence-corrected chi connectivity index (χ2v) is 4.37. The molecule has 2 amide bonds. The van der Waals surface area contributed by atoms with E-state index >= 15 is 0 Å². The maximum atomic E-state index is 11.5. The van der Waals surface area contributed by atoms with Gasteiger partial charge in [-0.2, -0.15) is 4.80 Å². The summed E-state index contributed by atoms with van der Waals surface area (Å²) in [6.45, 7) is 0.0272. The Hall–Kier alpha value is -2.77. The molecule has 1 aromatic heterocycles. The summed E-state index contributed by atoms with van der Waals surface area (Å²) >= 11 is 0. The van der Waals surface area contributed by atoms with Gasteiger partial charge in [0.25, 0.3) is 0 Å². The number of tetrazole rings is 1. The summed E-state index contributed by atoms with van der Waals surface area (Å²) in [5, 5.41) is 11.8. The van der Waals surface area contributed by atoms with Crippen molar-refractivity contribution in [1.82, 2.24) is 25.1 Å². The van der Waals surface area contributed by atoms with E-state index in [1.54, 1.807) is 38.4 Å². The third kappa shape index (κ3) is 2.97. The van der Waals surface area contributed by atoms with Crippen molar-refractivity contribution in [1.29, 1.82) is 0 Å². The van der Waals surface area contributed by atoms with Crippen molar-refractivity contribution in [2.75, 3.05) is 14.1 Å². The van der Waals surface area contributed by atoms with Gasteiger partial charge < -0.3 is 10.6 Å². The number of amides is 2. The zero-order valence-electron chi connectivity index (χ0n) is 11.1. The first-order valence-electron chi connectivity index (χ1n) is 5.85. The average Bonchev–Trinajstić information content (AvgIpc) is 2.87. The van der Waals surface area contributed by atoms with Crippen molar-refractivity contribution < 1.29 is 9.59 Å². The van der Waals surface area contributed by atoms with Gasteiger partial charge in [0.15, 0.2) is 0 Å². The highest BCUT2D eigenvalue weighted by Crippen LogP contribution is 2.14. The number of carbonyl (C=O) groups excluding carboxylic acids is 2. The molecule has 1 heterocycles. The SMILES string of the molecule is CN(C)C(=O)Cn1nnc(-c2ccc(C(N)=O)cc2)n1. The number of hydrogen-bond donors (Lipinski definition) is 1. The van der Waals surface area contributed by atoms with Crippen molar-refractivity contribution in [2.24, 2.45) is 5.73 Å². The van der Waals surface area contributed by atoms with Crippen LogP contribution in [0.3, 0.4) is 0 Å². The van der Waals surface area contributed by atoms with Crippen LogP contribution in [0.4, 0.5) is 0 Å². The second-order valence-electron chi connectivity index (χ2n) is 4.37. The van der Waals surface area contributed by atoms with E-state index in [1.807, 2.05) is 0 Å². The summed E-state index contributed by atoms with van der Waals surface area (Å²) in [4.78, 5) is 25.2. The Morgan fingerprint density at radius 1 is 1.25 bits per heavy atom. The minimum absolute atomic E-state index is 0.0272. The summed E-state index contributed by atoms with van der Waals surface area (Å²) < 4.78 is 0. The second kappa shape index (κ2) is 5.47. The lowest BCUT2D eigenvalue weighted by Crippen LogP contribution is -2.27. The molecule has 2 aromatic rings. The number of primary amides is 1. The quantitative estimate of drug-likeness (QED) is 0.810. The Labute approximate surface area is 115 Å². The number of hydrogen-bond acceptors (Lipinski definition) is 5. The van der Waals surface area contributed by atoms with Crippen molar-refractivity contribution in [2.45, 2.75) is 6.54 Å². The molecule has 0 radical (unpaired) electrons. The standard InChI is InChI=1S/C12H14N6O2/c1-17(2)10(19)7-18-15-12(14-16-18)9-5-3-8(4-6-9)11(13)20/h3-6H,7H2,1-2H3,(H2,13,20). The zero-order chi connectivity index (χ0) is 14.7. The molecule has 104 valence electrons. The predicted molar refractivity (Wildman–Crippen MR) is 70.5 cm³/mol. The summed E-state index contributed by atoms with van der Waals surface area (Å²) in [7, 11) is 3.31. The molecule has 2 rings (SSSR count). The number of benzene rings is 1. The molecule has 20 heavy (non-hydrogen) atoms. The van der Waals surface area contributed by atoms with E-state index in [2.05, 4.69) is 15.4 Å². The number of nitrogens with zero attached hydrogens (tertiary/aromatic N) is 5. The molecule has 0 aliphatic heterocycles. The number of nitrogens with two attached hydrogens (primary N) is 1. The molecular formula is C12H14N6O2. The van der Waals surface area contributed by atoms with Crippen LogP contribution in [0.1, 0.15) is 10.4 Å². The molecule has 8 nitrogen and oxygen atoms in total. The Morgan fingerprint density at radius 2 is 1.90 bits per heavy atom. The summed E-state index contributed by atoms with van der Waals surface area (Å²) in [5.41, 5.74) is 6.26. The molecule has 8 heteroatoms. The summed E-state index contributed by atoms with van der Waals surface area (Å²) in [6.07, 6.45) is 0. The maximum Gasteiger partial charge on any atom is 0.248 e. The van der Waals surface area contributed by atoms with Gasteiger partial charge in [0.1, 0.15) is 6.54 Å². The van der Waals surface area contributed by atoms with E-state index < -0.39 is 5.91 Å². The largest absolute Gasteiger partial charge is 0.366 e. The molecule has 0 aliphatic carbocycles. The van der Waals surface area contributed by atoms with Crippen LogP contribution in [-0.2, 0) is 11.3 Å². The fourth-order valence-corrected chi connectivity index (χ4v) is 1.47. The molecular weight excluding hydrogens is 260 g/mol. The molecule has 0 fully saturated rings. The van der Waals surface area contributed by atoms with Crippen LogP contribution in [0.15, 0.2) is 24.3 Å². The smallest absolute Gasteiger partial charge is 0.248 e. The molecule has 1 aromatic carbocycles. The third-order valence-corrected chi connectivity index (χ3v) is 2.66. The zero-order valence-corrected chi connectivity index (χ0v) is 11.1. The topological polar surface area (TPSA) is 107 Å². The molecule has 0 saturated carbocycles. The van der Waals surface area contributed by atoms with Crippen LogP contribution in [0.25, 0.3) is 11.4 Å². The van der Waals surface area contributed by atoms with Gasteiger partial charge in [0, 0.05) is 25.2 Å². The molecule has 0 aliphatic rings. The summed E-state index contributed by atoms with van der Waals surface area (Å²) in [5.74, 6) is -0.240. The van der Waals surface area contributed by atoms with Crippen molar-refractivity contribution in [3.05, 3.63) is 29.8 Å². The van der Waals surface area contributed by atoms with E-state index in [-0.39, 0.29) is 12.5 Å². The highest BCUT2D eigenvalue weighted by atomic mass is 16.2. The predicted octanol–water partition coefficient (Wildman–Crippen LogP) is -0.473. The van der Waals surface area contributed by atoms with E-state index in [0.717, 1.165) is 0 Å². The Morgan fingerprint density at radius 3 is 2.45 bits per heavy atom. The van der Waals surface area contributed by atoms with Crippen LogP contribution < -0.4 is 5.73 Å². The number of carbonyl (C=O) groups is 2. The van der Waals surface area contributed by atoms with E-state index in [1.165, 1.54) is 9.70 Å². The molecule has 0 bridgehead atoms. The van der Waals surface area contributed by atoms with E-state index in [0.29, 0.717) is 17.0 Å². The van der Waals surface area contributed by atoms with Crippen molar-refractivity contribution >= 4 is 11.8 Å². The van der Waals surface area contributed by atoms with Crippen LogP contribution >= 0.6 is 0 Å². The van der Waals surface area contributed by atoms with Crippen LogP contribution in [0.2, 0.25) is 0 Å². The van der Waals surface area contributed by atoms with Gasteiger partial charge in [-0.05, 0) is 17.3 Å². The average molecular weight is 274 g/mol. The lowest BCUT2D eigenvalue weighted by Gasteiger charge is -2.08. The number of likely N-dealkylation sites (N-methyl/N-ethyl adjacent to an activating group) is 1. The Bertz CT molecular complexity index is 632. The van der Waals surface area contributed by atoms with Gasteiger partial charge in [-0.1, -0.05) is 12.1 Å². The number of aromatic nitrogens is 4. The highest BCUT2D eigenvalue weighted by molar-refractivity contribution is 5.93. The van der Waals surface area contributed by atoms with E-state index in [4.69, 9.17) is 5.73 Å². The first kappa shape index (κ1) is 13.7. The van der Waals surface area contributed by atoms with Gasteiger partial charge in [0.05, 0.1) is 0 Å². The Kier molecular flexibility index (Phi) is 3.74. The van der Waals surface area contributed by atoms with E-state index in [9.17, 15) is 9.59 Å². The highest BCUT2D eigenvalue weighted by Gasteiger charge is 2.10. The van der Waals surface area contributed by atoms with Crippen molar-refractivity contribution in [3.63, 3.8) is 0 Å². The van der Waals surface area contributed by atoms with Crippen molar-refractivity contribution in [3.8, 4) is 11.4 Å². The van der Waals surface area contributed by atoms with Crippen LogP contribution in [0.5, 0.6) is 0 Å². The van der Waals surface area contributed by atoms with Gasteiger partial charge >= 0.3 is 0 Å². The molecule has 0 saturated heterocycles. The fraction of sp³-hybridized carbons (Fsp3) is 0.250. The van der Waals surface area contributed by atoms with Crippen LogP contribution in [0, 0.1) is 0 Å². The first-order valence-corrected chi connectivity index (χ1v) is 5.85. The Balaban J connectivity index is 2.16. The van der Waals surface area contributed by atoms with Gasteiger partial charge in [-0.15, -0.1) is 10.2 Å². The third-order valence-electron chi connectivity index (χ3n) is 2.66. The molecule has 0 spiro atoms. The molecule has 2 N–H and O–H groups in total. The maximum absolute atomic E-state index is 11.5. The normalized spacial score (nSPS) is 10.3. The summed E-state index contributed by atoms with van der Waals surface area (Å²) in [6, 6.07) is 6.52. The molecule has 0 atom stereocenters. The van der Waals surface area contributed by atoms with Gasteiger partial charge in [0.2, 0.25) is 17.6 Å². The molecule has 0 unspecified atom stereocenters. The monoisotopic (exact) mass is 274 g/mol.